The van der Waals surface area contributed by atoms with Gasteiger partial charge in [-0.15, -0.1) is 0 Å². The summed E-state index contributed by atoms with van der Waals surface area (Å²) in [5, 5.41) is 4.89. The van der Waals surface area contributed by atoms with Crippen LogP contribution in [-0.4, -0.2) is 24.0 Å². The molecule has 1 aromatic carbocycles. The van der Waals surface area contributed by atoms with Crippen molar-refractivity contribution in [2.75, 3.05) is 7.05 Å². The number of hydrogen-bond donors (Lipinski definition) is 1. The summed E-state index contributed by atoms with van der Waals surface area (Å²) in [6, 6.07) is 9.69. The number of rotatable bonds is 7. The molecule has 1 aromatic heterocycles. The summed E-state index contributed by atoms with van der Waals surface area (Å²) in [5.41, 5.74) is 2.35. The van der Waals surface area contributed by atoms with Gasteiger partial charge >= 0.3 is 0 Å². The van der Waals surface area contributed by atoms with E-state index in [1.54, 1.807) is 0 Å². The quantitative estimate of drug-likeness (QED) is 0.836. The summed E-state index contributed by atoms with van der Waals surface area (Å²) in [6.07, 6.45) is 3.79. The average molecular weight is 286 g/mol. The van der Waals surface area contributed by atoms with Crippen molar-refractivity contribution in [1.82, 2.24) is 10.2 Å². The maximum Gasteiger partial charge on any atom is 0.134 e. The summed E-state index contributed by atoms with van der Waals surface area (Å²) < 4.78 is 6.14. The molecule has 0 radical (unpaired) electrons. The van der Waals surface area contributed by atoms with Gasteiger partial charge in [0.05, 0.1) is 6.54 Å². The summed E-state index contributed by atoms with van der Waals surface area (Å²) in [6.45, 7) is 6.30. The van der Waals surface area contributed by atoms with Gasteiger partial charge in [0.2, 0.25) is 0 Å². The van der Waals surface area contributed by atoms with Crippen molar-refractivity contribution in [2.24, 2.45) is 0 Å². The Bertz CT molecular complexity index is 600. The lowest BCUT2D eigenvalue weighted by atomic mass is 10.1. The molecular weight excluding hydrogens is 260 g/mol. The van der Waals surface area contributed by atoms with E-state index in [4.69, 9.17) is 4.42 Å². The van der Waals surface area contributed by atoms with Crippen molar-refractivity contribution in [3.05, 3.63) is 35.6 Å². The minimum absolute atomic E-state index is 0.572. The number of fused-ring (bicyclic) bond motifs is 1. The Morgan fingerprint density at radius 3 is 2.81 bits per heavy atom. The van der Waals surface area contributed by atoms with Crippen LogP contribution in [0.5, 0.6) is 0 Å². The fourth-order valence-corrected chi connectivity index (χ4v) is 2.70. The molecule has 1 N–H and O–H groups in total. The molecule has 1 aliphatic carbocycles. The van der Waals surface area contributed by atoms with Gasteiger partial charge in [-0.3, -0.25) is 4.90 Å². The Morgan fingerprint density at radius 1 is 1.33 bits per heavy atom. The Labute approximate surface area is 127 Å². The van der Waals surface area contributed by atoms with Gasteiger partial charge in [-0.1, -0.05) is 25.1 Å². The number of hydrogen-bond acceptors (Lipinski definition) is 3. The van der Waals surface area contributed by atoms with Crippen LogP contribution >= 0.6 is 0 Å². The highest BCUT2D eigenvalue weighted by Gasteiger charge is 2.23. The Hall–Kier alpha value is -1.32. The third-order valence-corrected chi connectivity index (χ3v) is 4.66. The van der Waals surface area contributed by atoms with E-state index < -0.39 is 0 Å². The third-order valence-electron chi connectivity index (χ3n) is 4.66. The van der Waals surface area contributed by atoms with Gasteiger partial charge in [-0.2, -0.15) is 0 Å². The van der Waals surface area contributed by atoms with E-state index in [0.29, 0.717) is 6.04 Å². The molecule has 1 heterocycles. The molecule has 1 aliphatic rings. The van der Waals surface area contributed by atoms with Gasteiger partial charge < -0.3 is 9.73 Å². The van der Waals surface area contributed by atoms with Crippen LogP contribution in [0.1, 0.15) is 44.4 Å². The smallest absolute Gasteiger partial charge is 0.134 e. The molecule has 0 bridgehead atoms. The zero-order valence-corrected chi connectivity index (χ0v) is 13.4. The predicted molar refractivity (Wildman–Crippen MR) is 87.3 cm³/mol. The molecule has 0 saturated heterocycles. The highest BCUT2D eigenvalue weighted by molar-refractivity contribution is 5.82. The second kappa shape index (κ2) is 6.20. The van der Waals surface area contributed by atoms with E-state index in [9.17, 15) is 0 Å². The molecule has 0 spiro atoms. The van der Waals surface area contributed by atoms with Gasteiger partial charge in [0.25, 0.3) is 0 Å². The zero-order valence-electron chi connectivity index (χ0n) is 13.4. The number of nitrogens with one attached hydrogen (secondary N) is 1. The minimum Gasteiger partial charge on any atom is -0.459 e. The average Bonchev–Trinajstić information content (AvgIpc) is 3.26. The molecule has 1 atom stereocenters. The molecule has 0 aliphatic heterocycles. The van der Waals surface area contributed by atoms with E-state index in [0.717, 1.165) is 36.9 Å². The molecule has 3 nitrogen and oxygen atoms in total. The Kier molecular flexibility index (Phi) is 4.32. The molecule has 2 aromatic rings. The zero-order chi connectivity index (χ0) is 14.8. The lowest BCUT2D eigenvalue weighted by molar-refractivity contribution is 0.226. The van der Waals surface area contributed by atoms with Crippen molar-refractivity contribution in [3.63, 3.8) is 0 Å². The highest BCUT2D eigenvalue weighted by atomic mass is 16.3. The van der Waals surface area contributed by atoms with Crippen molar-refractivity contribution in [1.29, 1.82) is 0 Å². The van der Waals surface area contributed by atoms with Crippen LogP contribution in [-0.2, 0) is 13.1 Å². The van der Waals surface area contributed by atoms with E-state index in [2.05, 4.69) is 49.3 Å². The van der Waals surface area contributed by atoms with E-state index in [1.165, 1.54) is 23.8 Å². The second-order valence-corrected chi connectivity index (χ2v) is 6.33. The second-order valence-electron chi connectivity index (χ2n) is 6.33. The van der Waals surface area contributed by atoms with Crippen LogP contribution in [0.2, 0.25) is 0 Å². The van der Waals surface area contributed by atoms with Gasteiger partial charge in [0, 0.05) is 29.6 Å². The fraction of sp³-hybridized carbons (Fsp3) is 0.556. The first-order valence-corrected chi connectivity index (χ1v) is 8.12. The first-order chi connectivity index (χ1) is 10.2. The minimum atomic E-state index is 0.572. The molecule has 21 heavy (non-hydrogen) atoms. The van der Waals surface area contributed by atoms with Crippen LogP contribution in [0.3, 0.4) is 0 Å². The summed E-state index contributed by atoms with van der Waals surface area (Å²) in [7, 11) is 2.18. The Balaban J connectivity index is 1.85. The van der Waals surface area contributed by atoms with E-state index in [-0.39, 0.29) is 0 Å². The first kappa shape index (κ1) is 14.6. The number of furan rings is 1. The standard InChI is InChI=1S/C18H26N2O/c1-4-13(2)20(3)12-18-16(11-19-14-9-10-14)15-7-5-6-8-17(15)21-18/h5-8,13-14,19H,4,9-12H2,1-3H3. The maximum absolute atomic E-state index is 6.14. The van der Waals surface area contributed by atoms with Crippen LogP contribution in [0.15, 0.2) is 28.7 Å². The first-order valence-electron chi connectivity index (χ1n) is 8.12. The molecule has 3 heteroatoms. The monoisotopic (exact) mass is 286 g/mol. The van der Waals surface area contributed by atoms with Crippen LogP contribution in [0.25, 0.3) is 11.0 Å². The number of benzene rings is 1. The summed E-state index contributed by atoms with van der Waals surface area (Å²) in [5.74, 6) is 1.12. The van der Waals surface area contributed by atoms with E-state index >= 15 is 0 Å². The number of para-hydroxylation sites is 1. The van der Waals surface area contributed by atoms with Gasteiger partial charge in [0.15, 0.2) is 0 Å². The molecule has 114 valence electrons. The van der Waals surface area contributed by atoms with Crippen molar-refractivity contribution >= 4 is 11.0 Å². The van der Waals surface area contributed by atoms with Gasteiger partial charge in [-0.05, 0) is 39.3 Å². The topological polar surface area (TPSA) is 28.4 Å². The summed E-state index contributed by atoms with van der Waals surface area (Å²) >= 11 is 0. The molecule has 3 rings (SSSR count). The molecule has 1 unspecified atom stereocenters. The molecule has 0 amide bonds. The number of nitrogens with zero attached hydrogens (tertiary/aromatic N) is 1. The third kappa shape index (κ3) is 3.30. The normalized spacial score (nSPS) is 16.8. The molecule has 1 saturated carbocycles. The van der Waals surface area contributed by atoms with Crippen molar-refractivity contribution in [3.8, 4) is 0 Å². The molecule has 1 fully saturated rings. The summed E-state index contributed by atoms with van der Waals surface area (Å²) in [4.78, 5) is 2.37. The SMILES string of the molecule is CCC(C)N(C)Cc1oc2ccccc2c1CNC1CC1. The van der Waals surface area contributed by atoms with Gasteiger partial charge in [-0.25, -0.2) is 0 Å². The predicted octanol–water partition coefficient (Wildman–Crippen LogP) is 3.92. The van der Waals surface area contributed by atoms with Crippen molar-refractivity contribution < 1.29 is 4.42 Å². The lowest BCUT2D eigenvalue weighted by Crippen LogP contribution is -2.28. The van der Waals surface area contributed by atoms with E-state index in [1.807, 2.05) is 6.07 Å². The lowest BCUT2D eigenvalue weighted by Gasteiger charge is -2.22. The Morgan fingerprint density at radius 2 is 2.10 bits per heavy atom. The van der Waals surface area contributed by atoms with Crippen LogP contribution in [0, 0.1) is 0 Å². The highest BCUT2D eigenvalue weighted by Crippen LogP contribution is 2.28. The van der Waals surface area contributed by atoms with Crippen LogP contribution < -0.4 is 5.32 Å². The fourth-order valence-electron chi connectivity index (χ4n) is 2.70. The van der Waals surface area contributed by atoms with Gasteiger partial charge in [0.1, 0.15) is 11.3 Å². The molecular formula is C18H26N2O. The largest absolute Gasteiger partial charge is 0.459 e. The van der Waals surface area contributed by atoms with Crippen LogP contribution in [0.4, 0.5) is 0 Å². The van der Waals surface area contributed by atoms with Crippen molar-refractivity contribution in [2.45, 2.75) is 58.3 Å². The maximum atomic E-state index is 6.14.